The standard InChI is InChI=1S/C42H56N6O7/c43-23-9-7-15-32-27-33(49)21-22-37(50)46-34(39(44)52)16-8-10-24-45-41(54)35(48-42(55)36(47-40(32)53)25-28-11-3-1-4-12-28)26-29-17-19-31(20-18-29)38(51)30-13-5-2-6-14-30/h2,5-6,13-14,17-22,28,32,34-36H,1,3-4,7-12,15-16,23-27,43H2,(H2,44,52)(H,45,54)(H,46,50)(H,47,53)(H,48,55)/b22-21+/t32-,34+,35?,36+/m1/s1. The van der Waals surface area contributed by atoms with Gasteiger partial charge in [0.05, 0.1) is 0 Å². The van der Waals surface area contributed by atoms with Crippen molar-refractivity contribution in [2.24, 2.45) is 23.3 Å². The van der Waals surface area contributed by atoms with E-state index in [1.54, 1.807) is 48.5 Å². The van der Waals surface area contributed by atoms with Gasteiger partial charge >= 0.3 is 0 Å². The summed E-state index contributed by atoms with van der Waals surface area (Å²) in [5.74, 6) is -4.03. The Kier molecular flexibility index (Phi) is 17.2. The summed E-state index contributed by atoms with van der Waals surface area (Å²) in [4.78, 5) is 92.6. The van der Waals surface area contributed by atoms with Gasteiger partial charge in [0, 0.05) is 42.5 Å². The van der Waals surface area contributed by atoms with E-state index < -0.39 is 59.4 Å². The predicted octanol–water partition coefficient (Wildman–Crippen LogP) is 2.93. The van der Waals surface area contributed by atoms with Crippen LogP contribution >= 0.6 is 0 Å². The molecule has 2 aromatic rings. The fourth-order valence-corrected chi connectivity index (χ4v) is 7.20. The molecule has 4 rings (SSSR count). The number of carbonyl (C=O) groups is 7. The average molecular weight is 757 g/mol. The first-order valence-corrected chi connectivity index (χ1v) is 19.6. The molecule has 0 bridgehead atoms. The summed E-state index contributed by atoms with van der Waals surface area (Å²) in [6.45, 7) is 0.627. The van der Waals surface area contributed by atoms with Crippen LogP contribution in [0.2, 0.25) is 0 Å². The predicted molar refractivity (Wildman–Crippen MR) is 208 cm³/mol. The minimum Gasteiger partial charge on any atom is -0.368 e. The van der Waals surface area contributed by atoms with Gasteiger partial charge in [-0.25, -0.2) is 0 Å². The van der Waals surface area contributed by atoms with Crippen LogP contribution in [0.5, 0.6) is 0 Å². The van der Waals surface area contributed by atoms with Crippen LogP contribution in [0.25, 0.3) is 0 Å². The Labute approximate surface area is 323 Å². The van der Waals surface area contributed by atoms with Crippen LogP contribution in [-0.2, 0) is 35.2 Å². The SMILES string of the molecule is NCCCC[C@@H]1CC(=O)/C=C/C(=O)N[C@H](C(N)=O)CCCCNC(=O)C(Cc2ccc(C(=O)c3ccccc3)cc2)NC(=O)[C@H](CC2CCCCC2)NC1=O. The molecule has 0 saturated heterocycles. The van der Waals surface area contributed by atoms with E-state index in [9.17, 15) is 33.6 Å². The molecule has 2 aromatic carbocycles. The summed E-state index contributed by atoms with van der Waals surface area (Å²) in [5.41, 5.74) is 13.0. The van der Waals surface area contributed by atoms with Gasteiger partial charge in [-0.15, -0.1) is 0 Å². The molecule has 2 aliphatic rings. The number of ketones is 2. The summed E-state index contributed by atoms with van der Waals surface area (Å²) in [6.07, 6.45) is 10.0. The number of rotatable bonds is 11. The summed E-state index contributed by atoms with van der Waals surface area (Å²) in [5, 5.41) is 11.3. The van der Waals surface area contributed by atoms with E-state index in [-0.39, 0.29) is 37.5 Å². The molecule has 0 radical (unpaired) electrons. The molecule has 1 heterocycles. The van der Waals surface area contributed by atoms with Gasteiger partial charge in [-0.1, -0.05) is 93.1 Å². The molecule has 55 heavy (non-hydrogen) atoms. The lowest BCUT2D eigenvalue weighted by Crippen LogP contribution is -2.55. The van der Waals surface area contributed by atoms with Gasteiger partial charge in [-0.05, 0) is 62.6 Å². The highest BCUT2D eigenvalue weighted by molar-refractivity contribution is 6.09. The van der Waals surface area contributed by atoms with E-state index >= 15 is 0 Å². The number of hydrogen-bond acceptors (Lipinski definition) is 8. The van der Waals surface area contributed by atoms with Crippen LogP contribution in [0.1, 0.15) is 105 Å². The van der Waals surface area contributed by atoms with E-state index in [0.29, 0.717) is 61.8 Å². The van der Waals surface area contributed by atoms with Crippen molar-refractivity contribution in [3.8, 4) is 0 Å². The summed E-state index contributed by atoms with van der Waals surface area (Å²) in [7, 11) is 0. The highest BCUT2D eigenvalue weighted by atomic mass is 16.2. The molecule has 296 valence electrons. The van der Waals surface area contributed by atoms with Crippen molar-refractivity contribution in [1.82, 2.24) is 21.3 Å². The number of hydrogen-bond donors (Lipinski definition) is 6. The van der Waals surface area contributed by atoms with Crippen LogP contribution in [0, 0.1) is 11.8 Å². The first-order valence-electron chi connectivity index (χ1n) is 19.6. The quantitative estimate of drug-likeness (QED) is 0.148. The number of amides is 5. The monoisotopic (exact) mass is 756 g/mol. The highest BCUT2D eigenvalue weighted by Crippen LogP contribution is 2.28. The summed E-state index contributed by atoms with van der Waals surface area (Å²) >= 11 is 0. The Balaban J connectivity index is 1.61. The minimum absolute atomic E-state index is 0.111. The number of nitrogens with one attached hydrogen (secondary N) is 4. The third-order valence-corrected chi connectivity index (χ3v) is 10.4. The third-order valence-electron chi connectivity index (χ3n) is 10.4. The minimum atomic E-state index is -1.02. The highest BCUT2D eigenvalue weighted by Gasteiger charge is 2.32. The van der Waals surface area contributed by atoms with Crippen molar-refractivity contribution in [2.45, 2.75) is 108 Å². The molecule has 0 aromatic heterocycles. The largest absolute Gasteiger partial charge is 0.368 e. The molecule has 5 amide bonds. The second-order valence-corrected chi connectivity index (χ2v) is 14.7. The third kappa shape index (κ3) is 14.2. The van der Waals surface area contributed by atoms with Crippen LogP contribution in [0.3, 0.4) is 0 Å². The number of carbonyl (C=O) groups excluding carboxylic acids is 7. The number of primary amides is 1. The van der Waals surface area contributed by atoms with Crippen molar-refractivity contribution in [3.05, 3.63) is 83.4 Å². The van der Waals surface area contributed by atoms with Crippen molar-refractivity contribution < 1.29 is 33.6 Å². The van der Waals surface area contributed by atoms with Gasteiger partial charge in [-0.2, -0.15) is 0 Å². The molecule has 13 heteroatoms. The first kappa shape index (κ1) is 42.6. The summed E-state index contributed by atoms with van der Waals surface area (Å²) in [6, 6.07) is 12.8. The zero-order valence-corrected chi connectivity index (χ0v) is 31.6. The Bertz CT molecular complexity index is 1660. The second-order valence-electron chi connectivity index (χ2n) is 14.7. The normalized spacial score (nSPS) is 23.4. The lowest BCUT2D eigenvalue weighted by atomic mass is 9.84. The molecule has 1 saturated carbocycles. The Morgan fingerprint density at radius 2 is 1.36 bits per heavy atom. The maximum absolute atomic E-state index is 14.2. The van der Waals surface area contributed by atoms with E-state index in [0.717, 1.165) is 44.3 Å². The van der Waals surface area contributed by atoms with Gasteiger partial charge < -0.3 is 32.7 Å². The fraction of sp³-hybridized carbons (Fsp3) is 0.500. The first-order chi connectivity index (χ1) is 26.5. The van der Waals surface area contributed by atoms with Gasteiger partial charge in [0.2, 0.25) is 29.5 Å². The fourth-order valence-electron chi connectivity index (χ4n) is 7.20. The van der Waals surface area contributed by atoms with Crippen molar-refractivity contribution in [2.75, 3.05) is 13.1 Å². The van der Waals surface area contributed by atoms with Gasteiger partial charge in [-0.3, -0.25) is 33.6 Å². The van der Waals surface area contributed by atoms with Crippen LogP contribution in [0.15, 0.2) is 66.7 Å². The van der Waals surface area contributed by atoms with Crippen molar-refractivity contribution in [1.29, 1.82) is 0 Å². The second kappa shape index (κ2) is 22.3. The molecule has 8 N–H and O–H groups in total. The zero-order chi connectivity index (χ0) is 39.6. The maximum atomic E-state index is 14.2. The van der Waals surface area contributed by atoms with Crippen LogP contribution in [-0.4, -0.2) is 72.3 Å². The average Bonchev–Trinajstić information content (AvgIpc) is 3.18. The Morgan fingerprint density at radius 1 is 0.691 bits per heavy atom. The molecule has 13 nitrogen and oxygen atoms in total. The topological polar surface area (TPSA) is 220 Å². The van der Waals surface area contributed by atoms with Gasteiger partial charge in [0.1, 0.15) is 18.1 Å². The van der Waals surface area contributed by atoms with E-state index in [1.807, 2.05) is 6.07 Å². The Morgan fingerprint density at radius 3 is 2.05 bits per heavy atom. The molecule has 4 atom stereocenters. The molecule has 1 aliphatic heterocycles. The molecule has 1 aliphatic carbocycles. The molecule has 1 fully saturated rings. The van der Waals surface area contributed by atoms with Crippen LogP contribution < -0.4 is 32.7 Å². The van der Waals surface area contributed by atoms with E-state index in [2.05, 4.69) is 21.3 Å². The van der Waals surface area contributed by atoms with Gasteiger partial charge in [0.25, 0.3) is 0 Å². The maximum Gasteiger partial charge on any atom is 0.244 e. The molecular formula is C42H56N6O7. The lowest BCUT2D eigenvalue weighted by molar-refractivity contribution is -0.134. The van der Waals surface area contributed by atoms with E-state index in [4.69, 9.17) is 11.5 Å². The van der Waals surface area contributed by atoms with Crippen molar-refractivity contribution >= 4 is 41.1 Å². The molecule has 1 unspecified atom stereocenters. The van der Waals surface area contributed by atoms with Gasteiger partial charge in [0.15, 0.2) is 11.6 Å². The van der Waals surface area contributed by atoms with Crippen molar-refractivity contribution in [3.63, 3.8) is 0 Å². The lowest BCUT2D eigenvalue weighted by Gasteiger charge is -2.29. The Hall–Kier alpha value is -5.17. The smallest absolute Gasteiger partial charge is 0.244 e. The molecule has 0 spiro atoms. The zero-order valence-electron chi connectivity index (χ0n) is 31.6. The molecular weight excluding hydrogens is 700 g/mol. The number of unbranched alkanes of at least 4 members (excludes halogenated alkanes) is 1. The number of benzene rings is 2. The number of nitrogens with two attached hydrogens (primary N) is 2. The number of allylic oxidation sites excluding steroid dienone is 1. The van der Waals surface area contributed by atoms with E-state index in [1.165, 1.54) is 0 Å². The van der Waals surface area contributed by atoms with Crippen LogP contribution in [0.4, 0.5) is 0 Å². The summed E-state index contributed by atoms with van der Waals surface area (Å²) < 4.78 is 0.